The van der Waals surface area contributed by atoms with Crippen LogP contribution in [-0.2, 0) is 17.6 Å². The van der Waals surface area contributed by atoms with Crippen molar-refractivity contribution in [1.82, 2.24) is 4.98 Å². The summed E-state index contributed by atoms with van der Waals surface area (Å²) in [6.07, 6.45) is 7.09. The number of aliphatic hydroxyl groups is 1. The van der Waals surface area contributed by atoms with Gasteiger partial charge in [0.1, 0.15) is 5.82 Å². The summed E-state index contributed by atoms with van der Waals surface area (Å²) in [5, 5.41) is 21.4. The van der Waals surface area contributed by atoms with Crippen LogP contribution >= 0.6 is 0 Å². The number of anilines is 1. The molecule has 0 bridgehead atoms. The smallest absolute Gasteiger partial charge is 0.305 e. The molecule has 1 aromatic heterocycles. The van der Waals surface area contributed by atoms with Crippen molar-refractivity contribution in [2.45, 2.75) is 63.9 Å². The summed E-state index contributed by atoms with van der Waals surface area (Å²) < 4.78 is 0. The van der Waals surface area contributed by atoms with Crippen LogP contribution in [-0.4, -0.2) is 33.8 Å². The molecule has 0 spiro atoms. The summed E-state index contributed by atoms with van der Waals surface area (Å²) in [4.78, 5) is 15.1. The van der Waals surface area contributed by atoms with Crippen LogP contribution in [0.4, 0.5) is 5.82 Å². The highest BCUT2D eigenvalue weighted by atomic mass is 16.4. The first-order valence-corrected chi connectivity index (χ1v) is 8.27. The first kappa shape index (κ1) is 16.7. The molecule has 0 saturated carbocycles. The Hall–Kier alpha value is -1.62. The molecule has 2 rings (SSSR count). The fourth-order valence-corrected chi connectivity index (χ4v) is 2.85. The van der Waals surface area contributed by atoms with Crippen molar-refractivity contribution in [2.24, 2.45) is 0 Å². The molecule has 22 heavy (non-hydrogen) atoms. The van der Waals surface area contributed by atoms with Crippen molar-refractivity contribution in [3.63, 3.8) is 0 Å². The lowest BCUT2D eigenvalue weighted by Crippen LogP contribution is -2.14. The summed E-state index contributed by atoms with van der Waals surface area (Å²) in [6, 6.07) is 4.31. The minimum Gasteiger partial charge on any atom is -0.481 e. The Morgan fingerprint density at radius 1 is 1.27 bits per heavy atom. The summed E-state index contributed by atoms with van der Waals surface area (Å²) in [7, 11) is 0. The molecule has 5 heteroatoms. The molecule has 0 fully saturated rings. The molecule has 1 unspecified atom stereocenters. The van der Waals surface area contributed by atoms with E-state index in [2.05, 4.69) is 22.4 Å². The Kier molecular flexibility index (Phi) is 6.65. The van der Waals surface area contributed by atoms with E-state index in [1.807, 2.05) is 0 Å². The van der Waals surface area contributed by atoms with E-state index in [1.54, 1.807) is 0 Å². The number of carboxylic acids is 1. The molecular weight excluding hydrogens is 280 g/mol. The van der Waals surface area contributed by atoms with Gasteiger partial charge >= 0.3 is 5.97 Å². The number of aliphatic hydroxyl groups excluding tert-OH is 1. The first-order valence-electron chi connectivity index (χ1n) is 8.27. The van der Waals surface area contributed by atoms with Crippen molar-refractivity contribution in [3.8, 4) is 0 Å². The average molecular weight is 306 g/mol. The lowest BCUT2D eigenvalue weighted by Gasteiger charge is -2.17. The third-order valence-corrected chi connectivity index (χ3v) is 4.08. The minimum absolute atomic E-state index is 0.147. The maximum absolute atomic E-state index is 10.4. The normalized spacial score (nSPS) is 15.0. The standard InChI is InChI=1S/C17H26N2O3/c20-15(12-16(21)22)8-4-2-1-3-7-14-10-9-13-6-5-11-18-17(13)19-14/h9-10,15,20H,1-8,11-12H2,(H,18,19)(H,21,22). The predicted molar refractivity (Wildman–Crippen MR) is 86.1 cm³/mol. The lowest BCUT2D eigenvalue weighted by atomic mass is 10.0. The van der Waals surface area contributed by atoms with Crippen LogP contribution in [0.15, 0.2) is 12.1 Å². The number of pyridine rings is 1. The molecule has 0 aliphatic carbocycles. The maximum atomic E-state index is 10.4. The SMILES string of the molecule is O=C(O)CC(O)CCCCCCc1ccc2c(n1)NCCC2. The van der Waals surface area contributed by atoms with E-state index < -0.39 is 12.1 Å². The van der Waals surface area contributed by atoms with Gasteiger partial charge in [-0.3, -0.25) is 4.79 Å². The Labute approximate surface area is 131 Å². The van der Waals surface area contributed by atoms with Crippen LogP contribution < -0.4 is 5.32 Å². The average Bonchev–Trinajstić information content (AvgIpc) is 2.50. The number of hydrogen-bond donors (Lipinski definition) is 3. The van der Waals surface area contributed by atoms with Gasteiger partial charge in [-0.1, -0.05) is 25.3 Å². The zero-order valence-corrected chi connectivity index (χ0v) is 13.1. The highest BCUT2D eigenvalue weighted by Crippen LogP contribution is 2.20. The van der Waals surface area contributed by atoms with Crippen molar-refractivity contribution in [1.29, 1.82) is 0 Å². The van der Waals surface area contributed by atoms with E-state index in [1.165, 1.54) is 12.0 Å². The van der Waals surface area contributed by atoms with E-state index in [-0.39, 0.29) is 6.42 Å². The van der Waals surface area contributed by atoms with E-state index in [9.17, 15) is 9.90 Å². The van der Waals surface area contributed by atoms with Gasteiger partial charge < -0.3 is 15.5 Å². The number of aryl methyl sites for hydroxylation is 2. The maximum Gasteiger partial charge on any atom is 0.305 e. The quantitative estimate of drug-likeness (QED) is 0.611. The number of hydrogen-bond acceptors (Lipinski definition) is 4. The summed E-state index contributed by atoms with van der Waals surface area (Å²) in [6.45, 7) is 1.02. The summed E-state index contributed by atoms with van der Waals surface area (Å²) in [5.41, 5.74) is 2.46. The van der Waals surface area contributed by atoms with Gasteiger partial charge in [-0.05, 0) is 43.7 Å². The van der Waals surface area contributed by atoms with Crippen LogP contribution in [0.3, 0.4) is 0 Å². The zero-order chi connectivity index (χ0) is 15.8. The number of unbranched alkanes of at least 4 members (excludes halogenated alkanes) is 3. The number of rotatable bonds is 9. The monoisotopic (exact) mass is 306 g/mol. The second-order valence-corrected chi connectivity index (χ2v) is 6.05. The molecule has 5 nitrogen and oxygen atoms in total. The molecule has 3 N–H and O–H groups in total. The molecule has 0 saturated heterocycles. The second-order valence-electron chi connectivity index (χ2n) is 6.05. The van der Waals surface area contributed by atoms with Crippen LogP contribution in [0, 0.1) is 0 Å². The number of aliphatic carboxylic acids is 1. The molecule has 1 aromatic rings. The van der Waals surface area contributed by atoms with E-state index in [0.29, 0.717) is 6.42 Å². The predicted octanol–water partition coefficient (Wildman–Crippen LogP) is 2.77. The van der Waals surface area contributed by atoms with Gasteiger partial charge in [0.15, 0.2) is 0 Å². The number of carboxylic acid groups (broad SMARTS) is 1. The van der Waals surface area contributed by atoms with Crippen LogP contribution in [0.1, 0.15) is 56.2 Å². The highest BCUT2D eigenvalue weighted by molar-refractivity contribution is 5.67. The molecular formula is C17H26N2O3. The fraction of sp³-hybridized carbons (Fsp3) is 0.647. The largest absolute Gasteiger partial charge is 0.481 e. The van der Waals surface area contributed by atoms with Gasteiger partial charge in [-0.2, -0.15) is 0 Å². The van der Waals surface area contributed by atoms with Gasteiger partial charge in [-0.15, -0.1) is 0 Å². The first-order chi connectivity index (χ1) is 10.6. The number of nitrogens with zero attached hydrogens (tertiary/aromatic N) is 1. The highest BCUT2D eigenvalue weighted by Gasteiger charge is 2.10. The van der Waals surface area contributed by atoms with Gasteiger partial charge in [-0.25, -0.2) is 4.98 Å². The number of aromatic nitrogens is 1. The molecule has 1 aliphatic rings. The topological polar surface area (TPSA) is 82.5 Å². The fourth-order valence-electron chi connectivity index (χ4n) is 2.85. The van der Waals surface area contributed by atoms with E-state index >= 15 is 0 Å². The number of carbonyl (C=O) groups is 1. The van der Waals surface area contributed by atoms with E-state index in [0.717, 1.165) is 56.6 Å². The molecule has 2 heterocycles. The van der Waals surface area contributed by atoms with Crippen LogP contribution in [0.2, 0.25) is 0 Å². The molecule has 1 aliphatic heterocycles. The van der Waals surface area contributed by atoms with Gasteiger partial charge in [0.25, 0.3) is 0 Å². The summed E-state index contributed by atoms with van der Waals surface area (Å²) in [5.74, 6) is 0.125. The Morgan fingerprint density at radius 2 is 2.09 bits per heavy atom. The zero-order valence-electron chi connectivity index (χ0n) is 13.1. The van der Waals surface area contributed by atoms with E-state index in [4.69, 9.17) is 5.11 Å². The van der Waals surface area contributed by atoms with Crippen LogP contribution in [0.25, 0.3) is 0 Å². The van der Waals surface area contributed by atoms with Crippen molar-refractivity contribution >= 4 is 11.8 Å². The molecule has 122 valence electrons. The Bertz CT molecular complexity index is 491. The second kappa shape index (κ2) is 8.73. The van der Waals surface area contributed by atoms with Gasteiger partial charge in [0.05, 0.1) is 12.5 Å². The number of nitrogens with one attached hydrogen (secondary N) is 1. The van der Waals surface area contributed by atoms with Crippen molar-refractivity contribution in [2.75, 3.05) is 11.9 Å². The molecule has 0 aromatic carbocycles. The lowest BCUT2D eigenvalue weighted by molar-refractivity contribution is -0.139. The Balaban J connectivity index is 1.60. The van der Waals surface area contributed by atoms with Gasteiger partial charge in [0.2, 0.25) is 0 Å². The van der Waals surface area contributed by atoms with Gasteiger partial charge in [0, 0.05) is 12.2 Å². The molecule has 0 radical (unpaired) electrons. The molecule has 0 amide bonds. The van der Waals surface area contributed by atoms with Crippen molar-refractivity contribution < 1.29 is 15.0 Å². The summed E-state index contributed by atoms with van der Waals surface area (Å²) >= 11 is 0. The third-order valence-electron chi connectivity index (χ3n) is 4.08. The van der Waals surface area contributed by atoms with Crippen molar-refractivity contribution in [3.05, 3.63) is 23.4 Å². The number of fused-ring (bicyclic) bond motifs is 1. The Morgan fingerprint density at radius 3 is 2.91 bits per heavy atom. The van der Waals surface area contributed by atoms with Crippen LogP contribution in [0.5, 0.6) is 0 Å². The minimum atomic E-state index is -0.931. The third kappa shape index (κ3) is 5.64. The molecule has 1 atom stereocenters.